The quantitative estimate of drug-likeness (QED) is 0.854. The van der Waals surface area contributed by atoms with Crippen LogP contribution in [0.5, 0.6) is 0 Å². The molecule has 2 aromatic rings. The zero-order chi connectivity index (χ0) is 13.3. The minimum Gasteiger partial charge on any atom is -0.372 e. The largest absolute Gasteiger partial charge is 0.372 e. The first-order valence-corrected chi connectivity index (χ1v) is 6.15. The summed E-state index contributed by atoms with van der Waals surface area (Å²) in [6, 6.07) is 5.87. The molecule has 1 aromatic carbocycles. The van der Waals surface area contributed by atoms with E-state index in [9.17, 15) is 4.39 Å². The van der Waals surface area contributed by atoms with Crippen molar-refractivity contribution in [1.82, 2.24) is 4.98 Å². The van der Waals surface area contributed by atoms with E-state index in [4.69, 9.17) is 34.8 Å². The lowest BCUT2D eigenvalue weighted by atomic mass is 10.1. The Morgan fingerprint density at radius 3 is 2.39 bits per heavy atom. The molecule has 0 amide bonds. The van der Waals surface area contributed by atoms with Gasteiger partial charge in [0.25, 0.3) is 0 Å². The number of pyridine rings is 1. The van der Waals surface area contributed by atoms with Crippen LogP contribution in [0.4, 0.5) is 10.2 Å². The number of anilines is 1. The van der Waals surface area contributed by atoms with Crippen molar-refractivity contribution in [3.63, 3.8) is 0 Å². The predicted molar refractivity (Wildman–Crippen MR) is 74.2 cm³/mol. The molecule has 1 aromatic heterocycles. The van der Waals surface area contributed by atoms with Gasteiger partial charge in [0, 0.05) is 12.6 Å². The average Bonchev–Trinajstić information content (AvgIpc) is 2.33. The smallest absolute Gasteiger partial charge is 0.145 e. The van der Waals surface area contributed by atoms with Gasteiger partial charge >= 0.3 is 0 Å². The second kappa shape index (κ2) is 5.31. The predicted octanol–water partition coefficient (Wildman–Crippen LogP) is 4.89. The van der Waals surface area contributed by atoms with Gasteiger partial charge in [-0.25, -0.2) is 9.37 Å². The van der Waals surface area contributed by atoms with Gasteiger partial charge in [-0.05, 0) is 24.3 Å². The lowest BCUT2D eigenvalue weighted by Crippen LogP contribution is -1.96. The third-order valence-electron chi connectivity index (χ3n) is 2.36. The molecule has 2 rings (SSSR count). The number of nitrogens with one attached hydrogen (secondary N) is 1. The summed E-state index contributed by atoms with van der Waals surface area (Å²) in [4.78, 5) is 4.28. The van der Waals surface area contributed by atoms with E-state index >= 15 is 0 Å². The van der Waals surface area contributed by atoms with Gasteiger partial charge in [-0.15, -0.1) is 0 Å². The molecule has 0 bridgehead atoms. The minimum atomic E-state index is -0.487. The topological polar surface area (TPSA) is 24.9 Å². The molecule has 94 valence electrons. The van der Waals surface area contributed by atoms with Gasteiger partial charge < -0.3 is 5.32 Å². The highest BCUT2D eigenvalue weighted by Gasteiger charge is 2.12. The summed E-state index contributed by atoms with van der Waals surface area (Å²) in [6.45, 7) is 0. The maximum Gasteiger partial charge on any atom is 0.145 e. The molecular formula is C12H8Cl3FN2. The first-order chi connectivity index (χ1) is 8.52. The number of halogens is 4. The monoisotopic (exact) mass is 304 g/mol. The van der Waals surface area contributed by atoms with Crippen LogP contribution in [0.2, 0.25) is 15.1 Å². The standard InChI is InChI=1S/C12H8Cl3FN2/c1-17-12-9(15)5-8(14)11(18-12)6-2-3-10(16)7(13)4-6/h2-5H,1H3,(H,17,18). The Bertz CT molecular complexity index is 602. The van der Waals surface area contributed by atoms with Crippen molar-refractivity contribution in [3.8, 4) is 11.3 Å². The number of hydrogen-bond donors (Lipinski definition) is 1. The normalized spacial score (nSPS) is 10.5. The van der Waals surface area contributed by atoms with Gasteiger partial charge in [-0.1, -0.05) is 34.8 Å². The van der Waals surface area contributed by atoms with Crippen LogP contribution >= 0.6 is 34.8 Å². The van der Waals surface area contributed by atoms with Crippen LogP contribution < -0.4 is 5.32 Å². The Morgan fingerprint density at radius 1 is 1.06 bits per heavy atom. The summed E-state index contributed by atoms with van der Waals surface area (Å²) in [5.41, 5.74) is 1.12. The van der Waals surface area contributed by atoms with Crippen LogP contribution in [-0.4, -0.2) is 12.0 Å². The molecule has 2 nitrogen and oxygen atoms in total. The van der Waals surface area contributed by atoms with Crippen molar-refractivity contribution in [1.29, 1.82) is 0 Å². The first-order valence-electron chi connectivity index (χ1n) is 5.02. The maximum absolute atomic E-state index is 13.1. The molecule has 0 aliphatic carbocycles. The fourth-order valence-electron chi connectivity index (χ4n) is 1.49. The fourth-order valence-corrected chi connectivity index (χ4v) is 2.23. The SMILES string of the molecule is CNc1nc(-c2ccc(F)c(Cl)c2)c(Cl)cc1Cl. The molecule has 0 aliphatic rings. The summed E-state index contributed by atoms with van der Waals surface area (Å²) in [5.74, 6) is 0.0101. The number of hydrogen-bond acceptors (Lipinski definition) is 2. The number of benzene rings is 1. The average molecular weight is 306 g/mol. The Morgan fingerprint density at radius 2 is 1.78 bits per heavy atom. The summed E-state index contributed by atoms with van der Waals surface area (Å²) in [5, 5.41) is 3.66. The van der Waals surface area contributed by atoms with Gasteiger partial charge in [-0.2, -0.15) is 0 Å². The molecule has 1 N–H and O–H groups in total. The van der Waals surface area contributed by atoms with Crippen molar-refractivity contribution in [2.45, 2.75) is 0 Å². The van der Waals surface area contributed by atoms with Gasteiger partial charge in [-0.3, -0.25) is 0 Å². The number of rotatable bonds is 2. The summed E-state index contributed by atoms with van der Waals surface area (Å²) < 4.78 is 13.1. The van der Waals surface area contributed by atoms with E-state index in [1.807, 2.05) is 0 Å². The van der Waals surface area contributed by atoms with E-state index in [1.54, 1.807) is 19.2 Å². The molecule has 0 aliphatic heterocycles. The molecule has 0 spiro atoms. The van der Waals surface area contributed by atoms with E-state index < -0.39 is 5.82 Å². The molecular weight excluding hydrogens is 298 g/mol. The molecule has 1 heterocycles. The van der Waals surface area contributed by atoms with E-state index in [2.05, 4.69) is 10.3 Å². The van der Waals surface area contributed by atoms with E-state index in [-0.39, 0.29) is 5.02 Å². The van der Waals surface area contributed by atoms with Gasteiger partial charge in [0.15, 0.2) is 0 Å². The summed E-state index contributed by atoms with van der Waals surface area (Å²) in [7, 11) is 1.70. The van der Waals surface area contributed by atoms with Crippen molar-refractivity contribution < 1.29 is 4.39 Å². The third-order valence-corrected chi connectivity index (χ3v) is 3.23. The van der Waals surface area contributed by atoms with E-state index in [0.717, 1.165) is 0 Å². The Balaban J connectivity index is 2.59. The molecule has 0 unspecified atom stereocenters. The highest BCUT2D eigenvalue weighted by molar-refractivity contribution is 6.37. The third kappa shape index (κ3) is 2.53. The van der Waals surface area contributed by atoms with Crippen LogP contribution in [0.25, 0.3) is 11.3 Å². The van der Waals surface area contributed by atoms with E-state index in [0.29, 0.717) is 27.1 Å². The molecule has 0 saturated heterocycles. The lowest BCUT2D eigenvalue weighted by Gasteiger charge is -2.09. The molecule has 0 atom stereocenters. The van der Waals surface area contributed by atoms with Crippen LogP contribution in [-0.2, 0) is 0 Å². The first kappa shape index (κ1) is 13.4. The Kier molecular flexibility index (Phi) is 3.95. The van der Waals surface area contributed by atoms with Gasteiger partial charge in [0.05, 0.1) is 20.8 Å². The van der Waals surface area contributed by atoms with Crippen molar-refractivity contribution in [2.24, 2.45) is 0 Å². The van der Waals surface area contributed by atoms with Crippen molar-refractivity contribution in [3.05, 3.63) is 45.2 Å². The molecule has 0 fully saturated rings. The molecule has 0 saturated carbocycles. The molecule has 18 heavy (non-hydrogen) atoms. The molecule has 6 heteroatoms. The van der Waals surface area contributed by atoms with Crippen LogP contribution in [0.1, 0.15) is 0 Å². The Hall–Kier alpha value is -1.03. The fraction of sp³-hybridized carbons (Fsp3) is 0.0833. The van der Waals surface area contributed by atoms with Gasteiger partial charge in [0.1, 0.15) is 11.6 Å². The second-order valence-corrected chi connectivity index (χ2v) is 4.75. The van der Waals surface area contributed by atoms with E-state index in [1.165, 1.54) is 12.1 Å². The van der Waals surface area contributed by atoms with Crippen LogP contribution in [0.3, 0.4) is 0 Å². The minimum absolute atomic E-state index is 0.0197. The van der Waals surface area contributed by atoms with Crippen LogP contribution in [0.15, 0.2) is 24.3 Å². The zero-order valence-corrected chi connectivity index (χ0v) is 11.5. The second-order valence-electron chi connectivity index (χ2n) is 3.53. The number of aromatic nitrogens is 1. The van der Waals surface area contributed by atoms with Crippen molar-refractivity contribution in [2.75, 3.05) is 12.4 Å². The van der Waals surface area contributed by atoms with Crippen molar-refractivity contribution >= 4 is 40.6 Å². The lowest BCUT2D eigenvalue weighted by molar-refractivity contribution is 0.628. The molecule has 0 radical (unpaired) electrons. The number of nitrogens with zero attached hydrogens (tertiary/aromatic N) is 1. The summed E-state index contributed by atoms with van der Waals surface area (Å²) in [6.07, 6.45) is 0. The highest BCUT2D eigenvalue weighted by atomic mass is 35.5. The van der Waals surface area contributed by atoms with Gasteiger partial charge in [0.2, 0.25) is 0 Å². The Labute approximate surface area is 119 Å². The zero-order valence-electron chi connectivity index (χ0n) is 9.27. The summed E-state index contributed by atoms with van der Waals surface area (Å²) >= 11 is 17.8. The van der Waals surface area contributed by atoms with Crippen LogP contribution in [0, 0.1) is 5.82 Å². The maximum atomic E-state index is 13.1. The highest BCUT2D eigenvalue weighted by Crippen LogP contribution is 2.33.